The number of esters is 2. The Balaban J connectivity index is 0. The first-order valence-electron chi connectivity index (χ1n) is 15.8. The van der Waals surface area contributed by atoms with Gasteiger partial charge in [0.25, 0.3) is 0 Å². The van der Waals surface area contributed by atoms with Crippen LogP contribution in [0.1, 0.15) is 52.4 Å². The minimum Gasteiger partial charge on any atom is -0.467 e. The molecule has 0 radical (unpaired) electrons. The van der Waals surface area contributed by atoms with Crippen LogP contribution in [0.25, 0.3) is 0 Å². The Bertz CT molecular complexity index is 675. The third-order valence-corrected chi connectivity index (χ3v) is 6.91. The summed E-state index contributed by atoms with van der Waals surface area (Å²) >= 11 is 0. The number of nitrogens with zero attached hydrogens (tertiary/aromatic N) is 5. The van der Waals surface area contributed by atoms with Gasteiger partial charge in [-0.05, 0) is 93.2 Å². The quantitative estimate of drug-likeness (QED) is 0.107. The van der Waals surface area contributed by atoms with E-state index in [4.69, 9.17) is 15.2 Å². The van der Waals surface area contributed by atoms with E-state index >= 15 is 0 Å². The molecule has 0 bridgehead atoms. The zero-order chi connectivity index (χ0) is 32.9. The second-order valence-electron chi connectivity index (χ2n) is 11.2. The number of rotatable bonds is 27. The maximum atomic E-state index is 11.3. The summed E-state index contributed by atoms with van der Waals surface area (Å²) in [5.41, 5.74) is 5.54. The highest BCUT2D eigenvalue weighted by Crippen LogP contribution is 2.06. The molecule has 256 valence electrons. The van der Waals surface area contributed by atoms with Gasteiger partial charge in [-0.3, -0.25) is 4.99 Å². The Morgan fingerprint density at radius 3 is 1.58 bits per heavy atom. The standard InChI is InChI=1S/C16H35N3O3.C15H31N3O3/c1-5-6-10-18(2)12-8-15(22-14-16(20)21-4)13-19(3)11-7-9-17;1-6-9-17(3)10-7-14(21-13-15(19)20-5)12-18(4)11-8-16-2/h15H,5-14,17H2,1-4H3;14H,2,6-13H2,1,3-5H3. The average Bonchev–Trinajstić information content (AvgIpc) is 3.00. The van der Waals surface area contributed by atoms with Crippen molar-refractivity contribution in [3.63, 3.8) is 0 Å². The van der Waals surface area contributed by atoms with Gasteiger partial charge < -0.3 is 44.3 Å². The molecule has 0 heterocycles. The summed E-state index contributed by atoms with van der Waals surface area (Å²) in [4.78, 5) is 35.3. The van der Waals surface area contributed by atoms with Crippen molar-refractivity contribution in [2.45, 2.75) is 64.6 Å². The minimum atomic E-state index is -0.336. The summed E-state index contributed by atoms with van der Waals surface area (Å²) in [6.07, 6.45) is 6.36. The van der Waals surface area contributed by atoms with Gasteiger partial charge in [0.15, 0.2) is 0 Å². The van der Waals surface area contributed by atoms with Crippen LogP contribution in [-0.2, 0) is 28.5 Å². The van der Waals surface area contributed by atoms with Crippen LogP contribution in [0.2, 0.25) is 0 Å². The predicted molar refractivity (Wildman–Crippen MR) is 176 cm³/mol. The topological polar surface area (TPSA) is 122 Å². The van der Waals surface area contributed by atoms with Crippen molar-refractivity contribution in [3.8, 4) is 0 Å². The molecule has 12 heteroatoms. The van der Waals surface area contributed by atoms with Gasteiger partial charge in [0.05, 0.1) is 33.0 Å². The first-order valence-corrected chi connectivity index (χ1v) is 15.8. The SMILES string of the molecule is C=NCCN(C)CC(CCN(C)CCC)OCC(=O)OC.CCCCN(C)CCC(CN(C)CCCN)OCC(=O)OC. The fourth-order valence-electron chi connectivity index (χ4n) is 4.19. The number of ether oxygens (including phenoxy) is 4. The lowest BCUT2D eigenvalue weighted by atomic mass is 10.2. The van der Waals surface area contributed by atoms with E-state index < -0.39 is 0 Å². The summed E-state index contributed by atoms with van der Waals surface area (Å²) in [5.74, 6) is -0.661. The summed E-state index contributed by atoms with van der Waals surface area (Å²) in [5, 5.41) is 0. The van der Waals surface area contributed by atoms with E-state index in [-0.39, 0.29) is 37.4 Å². The minimum absolute atomic E-state index is 0.00616. The summed E-state index contributed by atoms with van der Waals surface area (Å²) in [6, 6.07) is 0. The van der Waals surface area contributed by atoms with Crippen LogP contribution < -0.4 is 5.73 Å². The van der Waals surface area contributed by atoms with E-state index in [1.54, 1.807) is 0 Å². The van der Waals surface area contributed by atoms with E-state index in [2.05, 4.69) is 75.8 Å². The third kappa shape index (κ3) is 28.8. The van der Waals surface area contributed by atoms with E-state index in [1.165, 1.54) is 27.1 Å². The molecule has 2 N–H and O–H groups in total. The number of carbonyl (C=O) groups is 2. The highest BCUT2D eigenvalue weighted by atomic mass is 16.6. The van der Waals surface area contributed by atoms with Crippen LogP contribution in [0, 0.1) is 0 Å². The third-order valence-electron chi connectivity index (χ3n) is 6.91. The van der Waals surface area contributed by atoms with Gasteiger partial charge in [-0.1, -0.05) is 20.3 Å². The van der Waals surface area contributed by atoms with E-state index in [1.807, 2.05) is 7.05 Å². The molecule has 2 atom stereocenters. The largest absolute Gasteiger partial charge is 0.467 e. The first kappa shape index (κ1) is 43.5. The van der Waals surface area contributed by atoms with E-state index in [9.17, 15) is 9.59 Å². The molecular weight excluding hydrogens is 552 g/mol. The van der Waals surface area contributed by atoms with E-state index in [0.717, 1.165) is 78.0 Å². The number of hydrogen-bond acceptors (Lipinski definition) is 12. The Hall–Kier alpha value is -1.67. The van der Waals surface area contributed by atoms with Crippen molar-refractivity contribution in [1.29, 1.82) is 0 Å². The van der Waals surface area contributed by atoms with Gasteiger partial charge in [-0.2, -0.15) is 0 Å². The van der Waals surface area contributed by atoms with Crippen LogP contribution >= 0.6 is 0 Å². The molecule has 0 saturated carbocycles. The van der Waals surface area contributed by atoms with Crippen molar-refractivity contribution in [1.82, 2.24) is 19.6 Å². The molecule has 0 aliphatic rings. The lowest BCUT2D eigenvalue weighted by Gasteiger charge is -2.26. The fourth-order valence-corrected chi connectivity index (χ4v) is 4.19. The van der Waals surface area contributed by atoms with E-state index in [0.29, 0.717) is 13.1 Å². The lowest BCUT2D eigenvalue weighted by molar-refractivity contribution is -0.149. The normalized spacial score (nSPS) is 12.8. The Morgan fingerprint density at radius 1 is 0.698 bits per heavy atom. The number of carbonyl (C=O) groups excluding carboxylic acids is 2. The average molecular weight is 619 g/mol. The first-order chi connectivity index (χ1) is 20.6. The van der Waals surface area contributed by atoms with Crippen molar-refractivity contribution < 1.29 is 28.5 Å². The Labute approximate surface area is 263 Å². The lowest BCUT2D eigenvalue weighted by Crippen LogP contribution is -2.36. The second-order valence-corrected chi connectivity index (χ2v) is 11.2. The van der Waals surface area contributed by atoms with Crippen molar-refractivity contribution in [2.75, 3.05) is 121 Å². The van der Waals surface area contributed by atoms with Crippen LogP contribution in [-0.4, -0.2) is 172 Å². The molecule has 0 rings (SSSR count). The van der Waals surface area contributed by atoms with Gasteiger partial charge in [-0.25, -0.2) is 9.59 Å². The van der Waals surface area contributed by atoms with Crippen LogP contribution in [0.3, 0.4) is 0 Å². The fraction of sp³-hybridized carbons (Fsp3) is 0.903. The number of methoxy groups -OCH3 is 2. The van der Waals surface area contributed by atoms with Gasteiger partial charge in [0, 0.05) is 32.7 Å². The Morgan fingerprint density at radius 2 is 1.16 bits per heavy atom. The maximum absolute atomic E-state index is 11.3. The maximum Gasteiger partial charge on any atom is 0.331 e. The molecule has 0 aromatic rings. The zero-order valence-electron chi connectivity index (χ0n) is 28.9. The summed E-state index contributed by atoms with van der Waals surface area (Å²) in [6.45, 7) is 16.7. The molecule has 0 aromatic heterocycles. The summed E-state index contributed by atoms with van der Waals surface area (Å²) < 4.78 is 20.7. The second kappa shape index (κ2) is 30.4. The number of hydrogen-bond donors (Lipinski definition) is 1. The molecule has 0 amide bonds. The molecule has 43 heavy (non-hydrogen) atoms. The van der Waals surface area contributed by atoms with Gasteiger partial charge in [0.2, 0.25) is 0 Å². The highest BCUT2D eigenvalue weighted by molar-refractivity contribution is 5.70. The molecule has 0 saturated heterocycles. The molecule has 2 unspecified atom stereocenters. The molecule has 12 nitrogen and oxygen atoms in total. The van der Waals surface area contributed by atoms with Crippen molar-refractivity contribution in [2.24, 2.45) is 10.7 Å². The summed E-state index contributed by atoms with van der Waals surface area (Å²) in [7, 11) is 11.1. The Kier molecular flexibility index (Phi) is 30.7. The van der Waals surface area contributed by atoms with Crippen LogP contribution in [0.4, 0.5) is 0 Å². The van der Waals surface area contributed by atoms with Crippen molar-refractivity contribution >= 4 is 18.7 Å². The molecule has 0 spiro atoms. The molecular formula is C31H66N6O6. The van der Waals surface area contributed by atoms with Gasteiger partial charge >= 0.3 is 11.9 Å². The van der Waals surface area contributed by atoms with Crippen LogP contribution in [0.5, 0.6) is 0 Å². The number of aliphatic imine (C=N–C) groups is 1. The van der Waals surface area contributed by atoms with Gasteiger partial charge in [-0.15, -0.1) is 0 Å². The molecule has 0 aliphatic carbocycles. The molecule has 0 aromatic carbocycles. The molecule has 0 fully saturated rings. The highest BCUT2D eigenvalue weighted by Gasteiger charge is 2.16. The number of unbranched alkanes of at least 4 members (excludes halogenated alkanes) is 1. The van der Waals surface area contributed by atoms with Crippen molar-refractivity contribution in [3.05, 3.63) is 0 Å². The number of likely N-dealkylation sites (N-methyl/N-ethyl adjacent to an activating group) is 2. The smallest absolute Gasteiger partial charge is 0.331 e. The monoisotopic (exact) mass is 619 g/mol. The van der Waals surface area contributed by atoms with Gasteiger partial charge in [0.1, 0.15) is 13.2 Å². The zero-order valence-corrected chi connectivity index (χ0v) is 28.9. The predicted octanol–water partition coefficient (Wildman–Crippen LogP) is 1.86. The van der Waals surface area contributed by atoms with Crippen LogP contribution in [0.15, 0.2) is 4.99 Å². The number of nitrogens with two attached hydrogens (primary N) is 1. The molecule has 0 aliphatic heterocycles.